The van der Waals surface area contributed by atoms with E-state index in [1.807, 2.05) is 0 Å². The maximum atomic E-state index is 4.76. The third kappa shape index (κ3) is 13.3. The number of hydrogen-bond donors (Lipinski definition) is 2. The van der Waals surface area contributed by atoms with Gasteiger partial charge in [-0.3, -0.25) is 4.98 Å². The Balaban J connectivity index is 2.03. The summed E-state index contributed by atoms with van der Waals surface area (Å²) in [5.74, 6) is 0. The van der Waals surface area contributed by atoms with Crippen LogP contribution in [0.5, 0.6) is 0 Å². The third-order valence-electron chi connectivity index (χ3n) is 4.89. The average molecular weight is 362 g/mol. The molecule has 0 saturated carbocycles. The minimum Gasteiger partial charge on any atom is -0.311 e. The molecule has 26 heavy (non-hydrogen) atoms. The van der Waals surface area contributed by atoms with Gasteiger partial charge in [0.2, 0.25) is 0 Å². The molecule has 3 nitrogen and oxygen atoms in total. The molecule has 0 aliphatic heterocycles. The second-order valence-electron chi connectivity index (χ2n) is 7.51. The van der Waals surface area contributed by atoms with Gasteiger partial charge in [-0.2, -0.15) is 0 Å². The molecule has 150 valence electrons. The van der Waals surface area contributed by atoms with Gasteiger partial charge >= 0.3 is 0 Å². The molecule has 0 unspecified atom stereocenters. The standard InChI is InChI=1S/C23H43N3/c1-3-5-7-9-11-13-18-24-20-22-16-15-17-23(26-22)21-25-19-14-12-10-8-6-4-2/h15-17,24-25H,3-14,18-21H2,1-2H3. The van der Waals surface area contributed by atoms with E-state index in [0.29, 0.717) is 0 Å². The van der Waals surface area contributed by atoms with Crippen molar-refractivity contribution >= 4 is 0 Å². The summed E-state index contributed by atoms with van der Waals surface area (Å²) in [6.07, 6.45) is 16.2. The molecular formula is C23H43N3. The highest BCUT2D eigenvalue weighted by atomic mass is 14.9. The largest absolute Gasteiger partial charge is 0.311 e. The van der Waals surface area contributed by atoms with Crippen molar-refractivity contribution in [3.05, 3.63) is 29.6 Å². The fourth-order valence-corrected chi connectivity index (χ4v) is 3.22. The van der Waals surface area contributed by atoms with Crippen LogP contribution in [0.1, 0.15) is 102 Å². The number of pyridine rings is 1. The fraction of sp³-hybridized carbons (Fsp3) is 0.783. The van der Waals surface area contributed by atoms with Crippen molar-refractivity contribution in [2.45, 2.75) is 104 Å². The van der Waals surface area contributed by atoms with E-state index in [0.717, 1.165) is 37.6 Å². The smallest absolute Gasteiger partial charge is 0.0545 e. The summed E-state index contributed by atoms with van der Waals surface area (Å²) < 4.78 is 0. The van der Waals surface area contributed by atoms with Crippen LogP contribution in [0.4, 0.5) is 0 Å². The Morgan fingerprint density at radius 1 is 0.615 bits per heavy atom. The van der Waals surface area contributed by atoms with E-state index in [1.54, 1.807) is 0 Å². The summed E-state index contributed by atoms with van der Waals surface area (Å²) >= 11 is 0. The van der Waals surface area contributed by atoms with Gasteiger partial charge in [-0.15, -0.1) is 0 Å². The molecule has 0 saturated heterocycles. The van der Waals surface area contributed by atoms with Crippen molar-refractivity contribution in [2.75, 3.05) is 13.1 Å². The highest BCUT2D eigenvalue weighted by Gasteiger charge is 1.99. The lowest BCUT2D eigenvalue weighted by atomic mass is 10.1. The van der Waals surface area contributed by atoms with E-state index < -0.39 is 0 Å². The maximum absolute atomic E-state index is 4.76. The zero-order valence-electron chi connectivity index (χ0n) is 17.5. The highest BCUT2D eigenvalue weighted by Crippen LogP contribution is 2.06. The molecule has 0 fully saturated rings. The molecule has 2 N–H and O–H groups in total. The fourth-order valence-electron chi connectivity index (χ4n) is 3.22. The van der Waals surface area contributed by atoms with E-state index in [1.165, 1.54) is 77.0 Å². The highest BCUT2D eigenvalue weighted by molar-refractivity contribution is 5.11. The van der Waals surface area contributed by atoms with Crippen LogP contribution in [0, 0.1) is 0 Å². The second-order valence-corrected chi connectivity index (χ2v) is 7.51. The van der Waals surface area contributed by atoms with E-state index in [-0.39, 0.29) is 0 Å². The minimum atomic E-state index is 0.889. The predicted octanol–water partition coefficient (Wildman–Crippen LogP) is 5.98. The molecule has 0 atom stereocenters. The molecule has 0 aromatic carbocycles. The first-order chi connectivity index (χ1) is 12.9. The quantitative estimate of drug-likeness (QED) is 0.316. The number of nitrogens with zero attached hydrogens (tertiary/aromatic N) is 1. The number of rotatable bonds is 18. The number of nitrogens with one attached hydrogen (secondary N) is 2. The van der Waals surface area contributed by atoms with Crippen molar-refractivity contribution in [1.82, 2.24) is 15.6 Å². The van der Waals surface area contributed by atoms with Gasteiger partial charge in [-0.25, -0.2) is 0 Å². The molecule has 0 bridgehead atoms. The van der Waals surface area contributed by atoms with E-state index in [2.05, 4.69) is 42.7 Å². The minimum absolute atomic E-state index is 0.889. The Morgan fingerprint density at radius 2 is 1.04 bits per heavy atom. The number of unbranched alkanes of at least 4 members (excludes halogenated alkanes) is 10. The van der Waals surface area contributed by atoms with Crippen LogP contribution in [0.2, 0.25) is 0 Å². The van der Waals surface area contributed by atoms with Crippen molar-refractivity contribution < 1.29 is 0 Å². The van der Waals surface area contributed by atoms with Crippen LogP contribution in [0.3, 0.4) is 0 Å². The Morgan fingerprint density at radius 3 is 1.50 bits per heavy atom. The lowest BCUT2D eigenvalue weighted by Crippen LogP contribution is -2.18. The molecule has 0 radical (unpaired) electrons. The first kappa shape index (κ1) is 23.1. The molecular weight excluding hydrogens is 318 g/mol. The van der Waals surface area contributed by atoms with Gasteiger partial charge < -0.3 is 10.6 Å². The zero-order valence-corrected chi connectivity index (χ0v) is 17.5. The topological polar surface area (TPSA) is 37.0 Å². The molecule has 0 aliphatic rings. The van der Waals surface area contributed by atoms with Gasteiger partial charge in [-0.1, -0.05) is 84.1 Å². The first-order valence-corrected chi connectivity index (χ1v) is 11.2. The van der Waals surface area contributed by atoms with Gasteiger partial charge in [0.25, 0.3) is 0 Å². The van der Waals surface area contributed by atoms with Crippen LogP contribution in [0.25, 0.3) is 0 Å². The molecule has 1 aromatic heterocycles. The van der Waals surface area contributed by atoms with Crippen molar-refractivity contribution in [1.29, 1.82) is 0 Å². The van der Waals surface area contributed by atoms with E-state index in [4.69, 9.17) is 4.98 Å². The normalized spacial score (nSPS) is 11.2. The van der Waals surface area contributed by atoms with E-state index in [9.17, 15) is 0 Å². The van der Waals surface area contributed by atoms with Crippen LogP contribution in [-0.2, 0) is 13.1 Å². The van der Waals surface area contributed by atoms with Crippen LogP contribution >= 0.6 is 0 Å². The molecule has 0 spiro atoms. The Hall–Kier alpha value is -0.930. The molecule has 1 heterocycles. The summed E-state index contributed by atoms with van der Waals surface area (Å²) in [7, 11) is 0. The van der Waals surface area contributed by atoms with Crippen molar-refractivity contribution in [3.63, 3.8) is 0 Å². The van der Waals surface area contributed by atoms with Gasteiger partial charge in [0, 0.05) is 13.1 Å². The van der Waals surface area contributed by atoms with Gasteiger partial charge in [0.15, 0.2) is 0 Å². The lowest BCUT2D eigenvalue weighted by Gasteiger charge is -2.08. The Labute approximate surface area is 162 Å². The lowest BCUT2D eigenvalue weighted by molar-refractivity contribution is 0.563. The summed E-state index contributed by atoms with van der Waals surface area (Å²) in [4.78, 5) is 4.76. The van der Waals surface area contributed by atoms with Crippen molar-refractivity contribution in [2.24, 2.45) is 0 Å². The molecule has 1 rings (SSSR count). The second kappa shape index (κ2) is 17.5. The van der Waals surface area contributed by atoms with Crippen LogP contribution in [-0.4, -0.2) is 18.1 Å². The predicted molar refractivity (Wildman–Crippen MR) is 114 cm³/mol. The zero-order chi connectivity index (χ0) is 18.7. The van der Waals surface area contributed by atoms with Gasteiger partial charge in [0.05, 0.1) is 11.4 Å². The van der Waals surface area contributed by atoms with Gasteiger partial charge in [0.1, 0.15) is 0 Å². The molecule has 0 aliphatic carbocycles. The van der Waals surface area contributed by atoms with Crippen molar-refractivity contribution in [3.8, 4) is 0 Å². The molecule has 1 aromatic rings. The number of hydrogen-bond acceptors (Lipinski definition) is 3. The first-order valence-electron chi connectivity index (χ1n) is 11.2. The molecule has 3 heteroatoms. The Bertz CT molecular complexity index is 384. The molecule has 0 amide bonds. The summed E-state index contributed by atoms with van der Waals surface area (Å²) in [5, 5.41) is 7.08. The van der Waals surface area contributed by atoms with Gasteiger partial charge in [-0.05, 0) is 38.1 Å². The summed E-state index contributed by atoms with van der Waals surface area (Å²) in [6, 6.07) is 6.40. The van der Waals surface area contributed by atoms with Crippen LogP contribution < -0.4 is 10.6 Å². The van der Waals surface area contributed by atoms with Crippen LogP contribution in [0.15, 0.2) is 18.2 Å². The monoisotopic (exact) mass is 361 g/mol. The Kier molecular flexibility index (Phi) is 15.5. The summed E-state index contributed by atoms with van der Waals surface area (Å²) in [5.41, 5.74) is 2.32. The maximum Gasteiger partial charge on any atom is 0.0545 e. The number of aromatic nitrogens is 1. The van der Waals surface area contributed by atoms with E-state index >= 15 is 0 Å². The summed E-state index contributed by atoms with van der Waals surface area (Å²) in [6.45, 7) is 8.53. The SMILES string of the molecule is CCCCCCCCNCc1cccc(CNCCCCCCCC)n1. The third-order valence-corrected chi connectivity index (χ3v) is 4.89. The average Bonchev–Trinajstić information content (AvgIpc) is 2.66.